The predicted octanol–water partition coefficient (Wildman–Crippen LogP) is 1.46. The second-order valence-electron chi connectivity index (χ2n) is 5.53. The molecule has 0 saturated carbocycles. The zero-order valence-electron chi connectivity index (χ0n) is 12.4. The van der Waals surface area contributed by atoms with Crippen LogP contribution in [-0.4, -0.2) is 33.9 Å². The van der Waals surface area contributed by atoms with E-state index in [2.05, 4.69) is 5.32 Å². The number of aromatic nitrogens is 1. The van der Waals surface area contributed by atoms with Crippen LogP contribution in [0.5, 0.6) is 0 Å². The highest BCUT2D eigenvalue weighted by Gasteiger charge is 2.15. The number of carbonyl (C=O) groups is 2. The van der Waals surface area contributed by atoms with Crippen molar-refractivity contribution in [2.45, 2.75) is 39.3 Å². The van der Waals surface area contributed by atoms with E-state index in [-0.39, 0.29) is 11.1 Å². The molecule has 1 amide bonds. The molecule has 0 saturated heterocycles. The number of carboxylic acid groups (broad SMARTS) is 1. The van der Waals surface area contributed by atoms with Gasteiger partial charge in [-0.3, -0.25) is 4.79 Å². The minimum Gasteiger partial charge on any atom is -0.478 e. The lowest BCUT2D eigenvalue weighted by molar-refractivity contribution is 0.0526. The molecule has 0 bridgehead atoms. The maximum Gasteiger partial charge on any atom is 0.407 e. The molecule has 0 unspecified atom stereocenters. The van der Waals surface area contributed by atoms with E-state index in [0.29, 0.717) is 19.5 Å². The van der Waals surface area contributed by atoms with Gasteiger partial charge in [-0.25, -0.2) is 9.59 Å². The maximum absolute atomic E-state index is 11.6. The standard InChI is InChI=1S/C14H20N2O5/c1-14(2,3)21-13(20)15-6-4-7-16-8-5-10(12(18)19)9-11(16)17/h5,8-9H,4,6-7H2,1-3H3,(H,15,20)(H,18,19). The van der Waals surface area contributed by atoms with Crippen LogP contribution in [0.1, 0.15) is 37.6 Å². The van der Waals surface area contributed by atoms with Gasteiger partial charge in [0, 0.05) is 25.4 Å². The van der Waals surface area contributed by atoms with Gasteiger partial charge in [0.05, 0.1) is 5.56 Å². The quantitative estimate of drug-likeness (QED) is 0.802. The Morgan fingerprint density at radius 1 is 1.38 bits per heavy atom. The number of alkyl carbamates (subject to hydrolysis) is 1. The molecule has 7 nitrogen and oxygen atoms in total. The van der Waals surface area contributed by atoms with Crippen molar-refractivity contribution in [3.05, 3.63) is 34.2 Å². The second-order valence-corrected chi connectivity index (χ2v) is 5.53. The van der Waals surface area contributed by atoms with Gasteiger partial charge in [0.15, 0.2) is 0 Å². The molecular weight excluding hydrogens is 276 g/mol. The third-order valence-electron chi connectivity index (χ3n) is 2.49. The SMILES string of the molecule is CC(C)(C)OC(=O)NCCCn1ccc(C(=O)O)cc1=O. The molecule has 0 fully saturated rings. The Kier molecular flexibility index (Phi) is 5.52. The Bertz CT molecular complexity index is 571. The van der Waals surface area contributed by atoms with Gasteiger partial charge in [0.2, 0.25) is 0 Å². The topological polar surface area (TPSA) is 97.6 Å². The van der Waals surface area contributed by atoms with Crippen LogP contribution in [0, 0.1) is 0 Å². The number of ether oxygens (including phenoxy) is 1. The Labute approximate surface area is 122 Å². The summed E-state index contributed by atoms with van der Waals surface area (Å²) in [6.07, 6.45) is 1.46. The zero-order chi connectivity index (χ0) is 16.0. The van der Waals surface area contributed by atoms with Gasteiger partial charge in [-0.05, 0) is 33.3 Å². The van der Waals surface area contributed by atoms with E-state index in [1.54, 1.807) is 20.8 Å². The number of carbonyl (C=O) groups excluding carboxylic acids is 1. The smallest absolute Gasteiger partial charge is 0.407 e. The Balaban J connectivity index is 2.42. The van der Waals surface area contributed by atoms with Crippen LogP contribution >= 0.6 is 0 Å². The van der Waals surface area contributed by atoms with E-state index in [4.69, 9.17) is 9.84 Å². The molecule has 1 rings (SSSR count). The molecule has 0 aliphatic heterocycles. The lowest BCUT2D eigenvalue weighted by atomic mass is 10.2. The molecule has 0 aromatic carbocycles. The predicted molar refractivity (Wildman–Crippen MR) is 76.5 cm³/mol. The molecule has 0 aliphatic carbocycles. The van der Waals surface area contributed by atoms with Gasteiger partial charge in [-0.1, -0.05) is 0 Å². The van der Waals surface area contributed by atoms with E-state index in [1.165, 1.54) is 16.8 Å². The summed E-state index contributed by atoms with van der Waals surface area (Å²) in [6, 6.07) is 2.44. The van der Waals surface area contributed by atoms with Gasteiger partial charge in [0.1, 0.15) is 5.60 Å². The number of hydrogen-bond acceptors (Lipinski definition) is 4. The van der Waals surface area contributed by atoms with Gasteiger partial charge < -0.3 is 19.7 Å². The van der Waals surface area contributed by atoms with Crippen molar-refractivity contribution in [3.8, 4) is 0 Å². The number of aryl methyl sites for hydroxylation is 1. The number of carboxylic acids is 1. The monoisotopic (exact) mass is 296 g/mol. The number of hydrogen-bond donors (Lipinski definition) is 2. The van der Waals surface area contributed by atoms with E-state index in [0.717, 1.165) is 6.07 Å². The van der Waals surface area contributed by atoms with Crippen molar-refractivity contribution in [2.24, 2.45) is 0 Å². The van der Waals surface area contributed by atoms with Crippen LogP contribution in [0.25, 0.3) is 0 Å². The molecule has 0 radical (unpaired) electrons. The van der Waals surface area contributed by atoms with Crippen LogP contribution in [0.15, 0.2) is 23.1 Å². The lowest BCUT2D eigenvalue weighted by Gasteiger charge is -2.19. The molecule has 7 heteroatoms. The average Bonchev–Trinajstić information content (AvgIpc) is 2.33. The largest absolute Gasteiger partial charge is 0.478 e. The van der Waals surface area contributed by atoms with Crippen molar-refractivity contribution in [1.29, 1.82) is 0 Å². The van der Waals surface area contributed by atoms with Crippen molar-refractivity contribution in [3.63, 3.8) is 0 Å². The minimum absolute atomic E-state index is 0.0388. The first-order chi connectivity index (χ1) is 9.69. The third-order valence-corrected chi connectivity index (χ3v) is 2.49. The van der Waals surface area contributed by atoms with Gasteiger partial charge >= 0.3 is 12.1 Å². The van der Waals surface area contributed by atoms with Crippen LogP contribution in [0.3, 0.4) is 0 Å². The first kappa shape index (κ1) is 16.7. The molecule has 21 heavy (non-hydrogen) atoms. The zero-order valence-corrected chi connectivity index (χ0v) is 12.4. The summed E-state index contributed by atoms with van der Waals surface area (Å²) in [7, 11) is 0. The van der Waals surface area contributed by atoms with E-state index < -0.39 is 17.7 Å². The Hall–Kier alpha value is -2.31. The van der Waals surface area contributed by atoms with Crippen LogP contribution in [0.2, 0.25) is 0 Å². The summed E-state index contributed by atoms with van der Waals surface area (Å²) in [4.78, 5) is 33.7. The highest BCUT2D eigenvalue weighted by molar-refractivity contribution is 5.87. The lowest BCUT2D eigenvalue weighted by Crippen LogP contribution is -2.33. The fourth-order valence-electron chi connectivity index (χ4n) is 1.58. The average molecular weight is 296 g/mol. The third kappa shape index (κ3) is 6.11. The summed E-state index contributed by atoms with van der Waals surface area (Å²) in [6.45, 7) is 6.07. The first-order valence-electron chi connectivity index (χ1n) is 6.60. The van der Waals surface area contributed by atoms with E-state index >= 15 is 0 Å². The Morgan fingerprint density at radius 2 is 2.05 bits per heavy atom. The molecule has 1 aromatic heterocycles. The van der Waals surface area contributed by atoms with Crippen LogP contribution in [0.4, 0.5) is 4.79 Å². The van der Waals surface area contributed by atoms with Gasteiger partial charge in [-0.2, -0.15) is 0 Å². The highest BCUT2D eigenvalue weighted by atomic mass is 16.6. The first-order valence-corrected chi connectivity index (χ1v) is 6.60. The number of aromatic carboxylic acids is 1. The highest BCUT2D eigenvalue weighted by Crippen LogP contribution is 2.06. The van der Waals surface area contributed by atoms with Gasteiger partial charge in [-0.15, -0.1) is 0 Å². The summed E-state index contributed by atoms with van der Waals surface area (Å²) in [5.41, 5.74) is -0.969. The van der Waals surface area contributed by atoms with Crippen molar-refractivity contribution < 1.29 is 19.4 Å². The molecular formula is C14H20N2O5. The number of pyridine rings is 1. The van der Waals surface area contributed by atoms with Crippen LogP contribution in [-0.2, 0) is 11.3 Å². The summed E-state index contributed by atoms with van der Waals surface area (Å²) < 4.78 is 6.46. The molecule has 1 heterocycles. The number of nitrogens with zero attached hydrogens (tertiary/aromatic N) is 1. The van der Waals surface area contributed by atoms with E-state index in [1.807, 2.05) is 0 Å². The van der Waals surface area contributed by atoms with Crippen molar-refractivity contribution >= 4 is 12.1 Å². The van der Waals surface area contributed by atoms with Crippen LogP contribution < -0.4 is 10.9 Å². The number of nitrogens with one attached hydrogen (secondary N) is 1. The van der Waals surface area contributed by atoms with Gasteiger partial charge in [0.25, 0.3) is 5.56 Å². The summed E-state index contributed by atoms with van der Waals surface area (Å²) in [5.74, 6) is -1.13. The second kappa shape index (κ2) is 6.92. The van der Waals surface area contributed by atoms with E-state index in [9.17, 15) is 14.4 Å². The number of rotatable bonds is 5. The maximum atomic E-state index is 11.6. The molecule has 116 valence electrons. The molecule has 1 aromatic rings. The fraction of sp³-hybridized carbons (Fsp3) is 0.500. The molecule has 0 aliphatic rings. The summed E-state index contributed by atoms with van der Waals surface area (Å²) >= 11 is 0. The normalized spacial score (nSPS) is 11.0. The molecule has 0 spiro atoms. The summed E-state index contributed by atoms with van der Waals surface area (Å²) in [5, 5.41) is 11.3. The molecule has 2 N–H and O–H groups in total. The molecule has 0 atom stereocenters. The minimum atomic E-state index is -1.13. The number of amides is 1. The van der Waals surface area contributed by atoms with Crippen molar-refractivity contribution in [2.75, 3.05) is 6.54 Å². The fourth-order valence-corrected chi connectivity index (χ4v) is 1.58. The Morgan fingerprint density at radius 3 is 2.57 bits per heavy atom. The van der Waals surface area contributed by atoms with Crippen molar-refractivity contribution in [1.82, 2.24) is 9.88 Å².